The van der Waals surface area contributed by atoms with Gasteiger partial charge in [0.1, 0.15) is 11.5 Å². The van der Waals surface area contributed by atoms with Gasteiger partial charge < -0.3 is 20.1 Å². The number of urea groups is 1. The van der Waals surface area contributed by atoms with Crippen molar-refractivity contribution < 1.29 is 14.3 Å². The van der Waals surface area contributed by atoms with E-state index in [0.29, 0.717) is 17.3 Å². The molecule has 0 aliphatic heterocycles. The van der Waals surface area contributed by atoms with Gasteiger partial charge in [0.05, 0.1) is 20.3 Å². The molecule has 1 aromatic heterocycles. The van der Waals surface area contributed by atoms with Crippen LogP contribution in [0, 0.1) is 6.92 Å². The van der Waals surface area contributed by atoms with E-state index in [0.717, 1.165) is 33.5 Å². The number of ether oxygens (including phenoxy) is 2. The van der Waals surface area contributed by atoms with E-state index in [4.69, 9.17) is 9.47 Å². The number of benzene rings is 3. The van der Waals surface area contributed by atoms with Gasteiger partial charge in [-0.1, -0.05) is 41.6 Å². The molecule has 36 heavy (non-hydrogen) atoms. The molecule has 9 heteroatoms. The average molecular weight is 504 g/mol. The number of aryl methyl sites for hydroxylation is 1. The van der Waals surface area contributed by atoms with Crippen molar-refractivity contribution in [1.82, 2.24) is 20.1 Å². The first-order valence-electron chi connectivity index (χ1n) is 11.5. The van der Waals surface area contributed by atoms with Crippen LogP contribution in [0.4, 0.5) is 10.5 Å². The standard InChI is InChI=1S/C27H29N5O3S/c1-18-8-12-22(13-9-18)32-25(19(2)28-26(33)29-21-10-14-23(34-3)15-11-21)30-31-27(32)36-17-20-6-5-7-24(16-20)35-4/h5-16,19H,17H2,1-4H3,(H2,28,29,33). The lowest BCUT2D eigenvalue weighted by atomic mass is 10.2. The largest absolute Gasteiger partial charge is 0.497 e. The van der Waals surface area contributed by atoms with Crippen LogP contribution in [0.1, 0.15) is 29.9 Å². The third-order valence-electron chi connectivity index (χ3n) is 5.54. The highest BCUT2D eigenvalue weighted by molar-refractivity contribution is 7.98. The first-order chi connectivity index (χ1) is 17.5. The van der Waals surface area contributed by atoms with Crippen molar-refractivity contribution in [1.29, 1.82) is 0 Å². The monoisotopic (exact) mass is 503 g/mol. The summed E-state index contributed by atoms with van der Waals surface area (Å²) in [5.41, 5.74) is 3.86. The maximum atomic E-state index is 12.7. The number of anilines is 1. The molecule has 0 saturated heterocycles. The molecule has 1 atom stereocenters. The molecule has 0 saturated carbocycles. The van der Waals surface area contributed by atoms with E-state index in [-0.39, 0.29) is 6.03 Å². The Kier molecular flexibility index (Phi) is 8.12. The van der Waals surface area contributed by atoms with Gasteiger partial charge in [0, 0.05) is 17.1 Å². The maximum Gasteiger partial charge on any atom is 0.319 e. The third-order valence-corrected chi connectivity index (χ3v) is 6.54. The first-order valence-corrected chi connectivity index (χ1v) is 12.4. The topological polar surface area (TPSA) is 90.3 Å². The van der Waals surface area contributed by atoms with Crippen LogP contribution < -0.4 is 20.1 Å². The van der Waals surface area contributed by atoms with Crippen LogP contribution in [0.25, 0.3) is 5.69 Å². The van der Waals surface area contributed by atoms with Crippen LogP contribution in [-0.4, -0.2) is 35.0 Å². The summed E-state index contributed by atoms with van der Waals surface area (Å²) < 4.78 is 12.5. The van der Waals surface area contributed by atoms with Crippen LogP contribution in [0.5, 0.6) is 11.5 Å². The summed E-state index contributed by atoms with van der Waals surface area (Å²) in [7, 11) is 3.26. The lowest BCUT2D eigenvalue weighted by molar-refractivity contribution is 0.249. The molecule has 4 rings (SSSR count). The van der Waals surface area contributed by atoms with E-state index >= 15 is 0 Å². The molecule has 2 amide bonds. The van der Waals surface area contributed by atoms with E-state index in [1.807, 2.05) is 60.9 Å². The molecule has 0 fully saturated rings. The number of carbonyl (C=O) groups excluding carboxylic acids is 1. The van der Waals surface area contributed by atoms with Gasteiger partial charge in [-0.3, -0.25) is 4.57 Å². The summed E-state index contributed by atoms with van der Waals surface area (Å²) in [5.74, 6) is 2.87. The van der Waals surface area contributed by atoms with Crippen molar-refractivity contribution in [3.8, 4) is 17.2 Å². The lowest BCUT2D eigenvalue weighted by Gasteiger charge is -2.17. The van der Waals surface area contributed by atoms with Gasteiger partial charge in [-0.15, -0.1) is 10.2 Å². The Hall–Kier alpha value is -3.98. The van der Waals surface area contributed by atoms with Crippen molar-refractivity contribution in [3.63, 3.8) is 0 Å². The molecule has 186 valence electrons. The smallest absolute Gasteiger partial charge is 0.319 e. The van der Waals surface area contributed by atoms with Crippen molar-refractivity contribution in [2.24, 2.45) is 0 Å². The molecule has 0 spiro atoms. The number of methoxy groups -OCH3 is 2. The van der Waals surface area contributed by atoms with Crippen molar-refractivity contribution >= 4 is 23.5 Å². The van der Waals surface area contributed by atoms with Crippen molar-refractivity contribution in [3.05, 3.63) is 89.7 Å². The Morgan fingerprint density at radius 1 is 0.972 bits per heavy atom. The Balaban J connectivity index is 1.54. The highest BCUT2D eigenvalue weighted by Crippen LogP contribution is 2.28. The highest BCUT2D eigenvalue weighted by atomic mass is 32.2. The molecular weight excluding hydrogens is 474 g/mol. The van der Waals surface area contributed by atoms with Gasteiger partial charge in [-0.05, 0) is 67.9 Å². The lowest BCUT2D eigenvalue weighted by Crippen LogP contribution is -2.32. The molecule has 2 N–H and O–H groups in total. The zero-order chi connectivity index (χ0) is 25.5. The molecule has 0 radical (unpaired) electrons. The van der Waals surface area contributed by atoms with Gasteiger partial charge in [-0.2, -0.15) is 0 Å². The quantitative estimate of drug-likeness (QED) is 0.282. The summed E-state index contributed by atoms with van der Waals surface area (Å²) in [4.78, 5) is 12.7. The number of rotatable bonds is 9. The normalized spacial score (nSPS) is 11.6. The van der Waals surface area contributed by atoms with Crippen molar-refractivity contribution in [2.75, 3.05) is 19.5 Å². The summed E-state index contributed by atoms with van der Waals surface area (Å²) in [6, 6.07) is 22.5. The van der Waals surface area contributed by atoms with Crippen LogP contribution in [0.15, 0.2) is 78.0 Å². The second-order valence-corrected chi connectivity index (χ2v) is 9.14. The van der Waals surface area contributed by atoms with Gasteiger partial charge in [0.15, 0.2) is 11.0 Å². The van der Waals surface area contributed by atoms with E-state index in [9.17, 15) is 4.79 Å². The summed E-state index contributed by atoms with van der Waals surface area (Å²) >= 11 is 1.58. The van der Waals surface area contributed by atoms with Crippen molar-refractivity contribution in [2.45, 2.75) is 30.8 Å². The molecule has 0 bridgehead atoms. The Morgan fingerprint density at radius 3 is 2.39 bits per heavy atom. The Bertz CT molecular complexity index is 1310. The summed E-state index contributed by atoms with van der Waals surface area (Å²) in [6.07, 6.45) is 0. The summed E-state index contributed by atoms with van der Waals surface area (Å²) in [6.45, 7) is 3.93. The molecule has 0 aliphatic rings. The molecule has 3 aromatic carbocycles. The van der Waals surface area contributed by atoms with Crippen LogP contribution in [0.3, 0.4) is 0 Å². The Morgan fingerprint density at radius 2 is 1.69 bits per heavy atom. The minimum Gasteiger partial charge on any atom is -0.497 e. The van der Waals surface area contributed by atoms with Gasteiger partial charge >= 0.3 is 6.03 Å². The fourth-order valence-electron chi connectivity index (χ4n) is 3.60. The van der Waals surface area contributed by atoms with Crippen LogP contribution >= 0.6 is 11.8 Å². The third kappa shape index (κ3) is 6.17. The number of hydrogen-bond acceptors (Lipinski definition) is 6. The van der Waals surface area contributed by atoms with Crippen LogP contribution in [0.2, 0.25) is 0 Å². The fraction of sp³-hybridized carbons (Fsp3) is 0.222. The molecule has 1 heterocycles. The number of hydrogen-bond donors (Lipinski definition) is 2. The SMILES string of the molecule is COc1ccc(NC(=O)NC(C)c2nnc(SCc3cccc(OC)c3)n2-c2ccc(C)cc2)cc1. The number of amides is 2. The number of nitrogens with one attached hydrogen (secondary N) is 2. The van der Waals surface area contributed by atoms with E-state index in [1.54, 1.807) is 50.2 Å². The van der Waals surface area contributed by atoms with Crippen LogP contribution in [-0.2, 0) is 5.75 Å². The van der Waals surface area contributed by atoms with Gasteiger partial charge in [0.25, 0.3) is 0 Å². The zero-order valence-corrected chi connectivity index (χ0v) is 21.5. The molecule has 0 aliphatic carbocycles. The van der Waals surface area contributed by atoms with Gasteiger partial charge in [-0.25, -0.2) is 4.79 Å². The first kappa shape index (κ1) is 25.1. The second kappa shape index (κ2) is 11.6. The number of thioether (sulfide) groups is 1. The average Bonchev–Trinajstić information content (AvgIpc) is 3.32. The Labute approximate surface area is 215 Å². The number of nitrogens with zero attached hydrogens (tertiary/aromatic N) is 3. The number of carbonyl (C=O) groups is 1. The minimum atomic E-state index is -0.400. The molecule has 8 nitrogen and oxygen atoms in total. The molecular formula is C27H29N5O3S. The highest BCUT2D eigenvalue weighted by Gasteiger charge is 2.21. The second-order valence-electron chi connectivity index (χ2n) is 8.20. The predicted molar refractivity (Wildman–Crippen MR) is 142 cm³/mol. The van der Waals surface area contributed by atoms with E-state index < -0.39 is 6.04 Å². The predicted octanol–water partition coefficient (Wildman–Crippen LogP) is 5.77. The minimum absolute atomic E-state index is 0.336. The molecule has 4 aromatic rings. The molecule has 1 unspecified atom stereocenters. The summed E-state index contributed by atoms with van der Waals surface area (Å²) in [5, 5.41) is 15.5. The fourth-order valence-corrected chi connectivity index (χ4v) is 4.51. The zero-order valence-electron chi connectivity index (χ0n) is 20.7. The van der Waals surface area contributed by atoms with Gasteiger partial charge in [0.2, 0.25) is 0 Å². The van der Waals surface area contributed by atoms with E-state index in [2.05, 4.69) is 26.9 Å². The number of aromatic nitrogens is 3. The van der Waals surface area contributed by atoms with E-state index in [1.165, 1.54) is 0 Å². The maximum absolute atomic E-state index is 12.7.